The summed E-state index contributed by atoms with van der Waals surface area (Å²) in [5.74, 6) is 1.54. The minimum absolute atomic E-state index is 0.768. The van der Waals surface area contributed by atoms with Gasteiger partial charge in [0, 0.05) is 0 Å². The van der Waals surface area contributed by atoms with Crippen LogP contribution in [0.25, 0.3) is 0 Å². The Bertz CT molecular complexity index is 598. The number of benzene rings is 2. The molecule has 0 radical (unpaired) electrons. The molecule has 0 aliphatic heterocycles. The number of hydrogen-bond acceptors (Lipinski definition) is 0. The van der Waals surface area contributed by atoms with Gasteiger partial charge in [-0.2, -0.15) is 0 Å². The summed E-state index contributed by atoms with van der Waals surface area (Å²) < 4.78 is 0. The monoisotopic (exact) mass is 292 g/mol. The Balaban J connectivity index is 1.57. The van der Waals surface area contributed by atoms with Crippen molar-refractivity contribution in [2.75, 3.05) is 0 Å². The molecule has 0 nitrogen and oxygen atoms in total. The third-order valence-corrected chi connectivity index (χ3v) is 7.79. The lowest BCUT2D eigenvalue weighted by atomic mass is 10.1. The predicted octanol–water partition coefficient (Wildman–Crippen LogP) is 4.96. The van der Waals surface area contributed by atoms with E-state index in [-0.39, 0.29) is 0 Å². The molecule has 2 aromatic rings. The van der Waals surface area contributed by atoms with E-state index in [1.807, 2.05) is 0 Å². The normalized spacial score (nSPS) is 21.6. The van der Waals surface area contributed by atoms with Crippen molar-refractivity contribution in [3.05, 3.63) is 78.4 Å². The van der Waals surface area contributed by atoms with E-state index in [4.69, 9.17) is 0 Å². The van der Waals surface area contributed by atoms with Crippen LogP contribution in [-0.4, -0.2) is 8.07 Å². The smallest absolute Gasteiger partial charge is 0.0843 e. The van der Waals surface area contributed by atoms with E-state index >= 15 is 0 Å². The molecule has 0 bridgehead atoms. The second-order valence-electron chi connectivity index (χ2n) is 6.80. The molecule has 1 heteroatoms. The van der Waals surface area contributed by atoms with Crippen LogP contribution in [0.3, 0.4) is 0 Å². The number of hydrogen-bond donors (Lipinski definition) is 0. The molecule has 2 aromatic carbocycles. The van der Waals surface area contributed by atoms with Crippen LogP contribution in [-0.2, 0) is 0 Å². The highest BCUT2D eigenvalue weighted by molar-refractivity contribution is 6.90. The summed E-state index contributed by atoms with van der Waals surface area (Å²) in [4.78, 5) is 0. The largest absolute Gasteiger partial charge is 0.0906 e. The Kier molecular flexibility index (Phi) is 4.11. The molecule has 1 saturated carbocycles. The highest BCUT2D eigenvalue weighted by Gasteiger charge is 2.35. The topological polar surface area (TPSA) is 0 Å². The van der Waals surface area contributed by atoms with Crippen LogP contribution in [0.2, 0.25) is 19.1 Å². The standard InChI is InChI=1S/C20H24Si/c1-21(2,19-13-7-4-8-14-19)15-9-12-18-16-20(18)17-10-5-3-6-11-17/h3-14,18,20H,15-16H2,1-2H3/b12-9+. The molecule has 3 rings (SSSR count). The van der Waals surface area contributed by atoms with Crippen molar-refractivity contribution in [2.24, 2.45) is 5.92 Å². The molecule has 21 heavy (non-hydrogen) atoms. The first-order valence-electron chi connectivity index (χ1n) is 7.94. The first-order valence-corrected chi connectivity index (χ1v) is 11.1. The van der Waals surface area contributed by atoms with Crippen LogP contribution < -0.4 is 5.19 Å². The molecule has 0 saturated heterocycles. The van der Waals surface area contributed by atoms with E-state index < -0.39 is 8.07 Å². The van der Waals surface area contributed by atoms with E-state index in [0.29, 0.717) is 0 Å². The first-order chi connectivity index (χ1) is 10.2. The Labute approximate surface area is 129 Å². The zero-order valence-corrected chi connectivity index (χ0v) is 14.0. The van der Waals surface area contributed by atoms with Crippen LogP contribution >= 0.6 is 0 Å². The molecular formula is C20H24Si. The molecule has 0 N–H and O–H groups in total. The van der Waals surface area contributed by atoms with Gasteiger partial charge >= 0.3 is 0 Å². The molecule has 1 fully saturated rings. The third kappa shape index (κ3) is 3.54. The molecule has 108 valence electrons. The van der Waals surface area contributed by atoms with Crippen LogP contribution in [0.15, 0.2) is 72.8 Å². The Morgan fingerprint density at radius 2 is 1.57 bits per heavy atom. The summed E-state index contributed by atoms with van der Waals surface area (Å²) in [5.41, 5.74) is 1.51. The molecular weight excluding hydrogens is 268 g/mol. The van der Waals surface area contributed by atoms with E-state index in [0.717, 1.165) is 11.8 Å². The zero-order chi connectivity index (χ0) is 14.7. The average molecular weight is 292 g/mol. The van der Waals surface area contributed by atoms with Gasteiger partial charge in [-0.25, -0.2) is 0 Å². The fourth-order valence-electron chi connectivity index (χ4n) is 3.06. The average Bonchev–Trinajstić information content (AvgIpc) is 3.28. The Morgan fingerprint density at radius 1 is 0.952 bits per heavy atom. The minimum atomic E-state index is -1.31. The fourth-order valence-corrected chi connectivity index (χ4v) is 5.11. The zero-order valence-electron chi connectivity index (χ0n) is 13.0. The van der Waals surface area contributed by atoms with E-state index in [1.54, 1.807) is 5.19 Å². The summed E-state index contributed by atoms with van der Waals surface area (Å²) in [6, 6.07) is 23.2. The lowest BCUT2D eigenvalue weighted by molar-refractivity contribution is 1.01. The van der Waals surface area contributed by atoms with Crippen LogP contribution in [0.4, 0.5) is 0 Å². The van der Waals surface area contributed by atoms with Gasteiger partial charge in [0.1, 0.15) is 0 Å². The molecule has 0 amide bonds. The molecule has 0 aromatic heterocycles. The molecule has 0 spiro atoms. The van der Waals surface area contributed by atoms with E-state index in [1.165, 1.54) is 18.0 Å². The summed E-state index contributed by atoms with van der Waals surface area (Å²) in [7, 11) is -1.31. The van der Waals surface area contributed by atoms with Gasteiger partial charge < -0.3 is 0 Å². The van der Waals surface area contributed by atoms with E-state index in [9.17, 15) is 0 Å². The lowest BCUT2D eigenvalue weighted by Crippen LogP contribution is -2.40. The maximum atomic E-state index is 2.47. The Morgan fingerprint density at radius 3 is 2.24 bits per heavy atom. The van der Waals surface area contributed by atoms with Gasteiger partial charge in [0.05, 0.1) is 8.07 Å². The van der Waals surface area contributed by atoms with Crippen LogP contribution in [0.1, 0.15) is 17.9 Å². The van der Waals surface area contributed by atoms with Crippen molar-refractivity contribution in [2.45, 2.75) is 31.5 Å². The quantitative estimate of drug-likeness (QED) is 0.539. The Hall–Kier alpha value is -1.60. The van der Waals surface area contributed by atoms with Crippen molar-refractivity contribution < 1.29 is 0 Å². The van der Waals surface area contributed by atoms with Gasteiger partial charge in [-0.1, -0.05) is 91.1 Å². The van der Waals surface area contributed by atoms with Crippen molar-refractivity contribution in [3.8, 4) is 0 Å². The molecule has 1 aliphatic carbocycles. The molecule has 1 aliphatic rings. The molecule has 2 unspecified atom stereocenters. The highest BCUT2D eigenvalue weighted by Crippen LogP contribution is 2.48. The summed E-state index contributed by atoms with van der Waals surface area (Å²) in [6.07, 6.45) is 6.25. The SMILES string of the molecule is C[Si](C)(C/C=C/C1CC1c1ccccc1)c1ccccc1. The maximum Gasteiger partial charge on any atom is 0.0843 e. The fraction of sp³-hybridized carbons (Fsp3) is 0.300. The predicted molar refractivity (Wildman–Crippen MR) is 94.8 cm³/mol. The molecule has 2 atom stereocenters. The van der Waals surface area contributed by atoms with Gasteiger partial charge in [-0.15, -0.1) is 0 Å². The molecule has 0 heterocycles. The second kappa shape index (κ2) is 6.03. The summed E-state index contributed by atoms with van der Waals surface area (Å²) >= 11 is 0. The van der Waals surface area contributed by atoms with Crippen molar-refractivity contribution in [3.63, 3.8) is 0 Å². The first kappa shape index (κ1) is 14.3. The van der Waals surface area contributed by atoms with Crippen LogP contribution in [0, 0.1) is 5.92 Å². The van der Waals surface area contributed by atoms with Gasteiger partial charge in [-0.05, 0) is 29.9 Å². The van der Waals surface area contributed by atoms with Gasteiger partial charge in [0.15, 0.2) is 0 Å². The van der Waals surface area contributed by atoms with Crippen LogP contribution in [0.5, 0.6) is 0 Å². The number of rotatable bonds is 5. The van der Waals surface area contributed by atoms with Gasteiger partial charge in [-0.3, -0.25) is 0 Å². The maximum absolute atomic E-state index is 2.47. The van der Waals surface area contributed by atoms with Gasteiger partial charge in [0.25, 0.3) is 0 Å². The number of allylic oxidation sites excluding steroid dienone is 2. The van der Waals surface area contributed by atoms with Crippen molar-refractivity contribution in [1.82, 2.24) is 0 Å². The highest BCUT2D eigenvalue weighted by atomic mass is 28.3. The third-order valence-electron chi connectivity index (χ3n) is 4.63. The van der Waals surface area contributed by atoms with Crippen molar-refractivity contribution in [1.29, 1.82) is 0 Å². The summed E-state index contributed by atoms with van der Waals surface area (Å²) in [5, 5.41) is 1.56. The minimum Gasteiger partial charge on any atom is -0.0906 e. The lowest BCUT2D eigenvalue weighted by Gasteiger charge is -2.20. The second-order valence-corrected chi connectivity index (χ2v) is 11.6. The van der Waals surface area contributed by atoms with E-state index in [2.05, 4.69) is 85.9 Å². The van der Waals surface area contributed by atoms with Gasteiger partial charge in [0.2, 0.25) is 0 Å². The van der Waals surface area contributed by atoms with Crippen molar-refractivity contribution >= 4 is 13.3 Å². The summed E-state index contributed by atoms with van der Waals surface area (Å²) in [6.45, 7) is 4.93.